The average Bonchev–Trinajstić information content (AvgIpc) is 3.45. The highest BCUT2D eigenvalue weighted by Gasteiger charge is 2.29. The van der Waals surface area contributed by atoms with Crippen molar-refractivity contribution in [3.05, 3.63) is 77.9 Å². The van der Waals surface area contributed by atoms with Crippen molar-refractivity contribution in [2.75, 3.05) is 19.8 Å². The van der Waals surface area contributed by atoms with Crippen LogP contribution in [0.4, 0.5) is 4.79 Å². The summed E-state index contributed by atoms with van der Waals surface area (Å²) >= 11 is 0. The van der Waals surface area contributed by atoms with Crippen LogP contribution in [0, 0.1) is 0 Å². The standard InChI is InChI=1S/C25H26N4O6/c30-12-9-21(24(32)33)28-23(31)22-13-29(15-27-22)11-10-26-25(34)35-14-20-18-7-3-1-5-16(18)17-6-2-4-8-19(17)20/h1-8,13,15,20-21,30H,9-12,14H2,(H,26,34)(H,28,31)(H,32,33)/t21-/m1/s1. The molecule has 182 valence electrons. The molecule has 3 aromatic rings. The summed E-state index contributed by atoms with van der Waals surface area (Å²) in [5.74, 6) is -1.92. The largest absolute Gasteiger partial charge is 0.480 e. The molecule has 1 aliphatic carbocycles. The number of carbonyl (C=O) groups excluding carboxylic acids is 2. The van der Waals surface area contributed by atoms with Crippen LogP contribution in [0.5, 0.6) is 0 Å². The van der Waals surface area contributed by atoms with Gasteiger partial charge in [-0.05, 0) is 22.3 Å². The number of benzene rings is 2. The second-order valence-electron chi connectivity index (χ2n) is 8.13. The Morgan fingerprint density at radius 3 is 2.34 bits per heavy atom. The van der Waals surface area contributed by atoms with E-state index < -0.39 is 24.0 Å². The first-order chi connectivity index (χ1) is 17.0. The molecule has 10 nitrogen and oxygen atoms in total. The summed E-state index contributed by atoms with van der Waals surface area (Å²) in [5, 5.41) is 23.0. The van der Waals surface area contributed by atoms with E-state index in [1.807, 2.05) is 24.3 Å². The van der Waals surface area contributed by atoms with Gasteiger partial charge in [-0.15, -0.1) is 0 Å². The predicted octanol–water partition coefficient (Wildman–Crippen LogP) is 1.99. The Kier molecular flexibility index (Phi) is 7.41. The Bertz CT molecular complexity index is 1180. The predicted molar refractivity (Wildman–Crippen MR) is 126 cm³/mol. The number of carboxylic acid groups (broad SMARTS) is 1. The van der Waals surface area contributed by atoms with Gasteiger partial charge in [0, 0.05) is 38.2 Å². The summed E-state index contributed by atoms with van der Waals surface area (Å²) in [5.41, 5.74) is 4.62. The van der Waals surface area contributed by atoms with Crippen LogP contribution < -0.4 is 10.6 Å². The van der Waals surface area contributed by atoms with Gasteiger partial charge in [-0.2, -0.15) is 0 Å². The number of fused-ring (bicyclic) bond motifs is 3. The Balaban J connectivity index is 1.25. The molecule has 4 N–H and O–H groups in total. The van der Waals surface area contributed by atoms with Crippen molar-refractivity contribution in [3.63, 3.8) is 0 Å². The van der Waals surface area contributed by atoms with E-state index in [0.29, 0.717) is 6.54 Å². The fourth-order valence-electron chi connectivity index (χ4n) is 4.15. The SMILES string of the molecule is O=C(NCCn1cnc(C(=O)N[C@H](CCO)C(=O)O)c1)OCC1c2ccccc2-c2ccccc21. The van der Waals surface area contributed by atoms with E-state index in [1.165, 1.54) is 12.5 Å². The van der Waals surface area contributed by atoms with Crippen LogP contribution in [0.3, 0.4) is 0 Å². The Morgan fingerprint density at radius 2 is 1.71 bits per heavy atom. The number of rotatable bonds is 10. The van der Waals surface area contributed by atoms with Crippen LogP contribution in [-0.2, 0) is 16.1 Å². The van der Waals surface area contributed by atoms with E-state index in [9.17, 15) is 14.4 Å². The topological polar surface area (TPSA) is 143 Å². The second-order valence-corrected chi connectivity index (χ2v) is 8.13. The van der Waals surface area contributed by atoms with Gasteiger partial charge < -0.3 is 30.2 Å². The summed E-state index contributed by atoms with van der Waals surface area (Å²) in [6.07, 6.45) is 2.22. The molecule has 1 heterocycles. The lowest BCUT2D eigenvalue weighted by molar-refractivity contribution is -0.139. The maximum Gasteiger partial charge on any atom is 0.407 e. The smallest absolute Gasteiger partial charge is 0.407 e. The molecule has 10 heteroatoms. The number of nitrogens with zero attached hydrogens (tertiary/aromatic N) is 2. The van der Waals surface area contributed by atoms with E-state index in [4.69, 9.17) is 14.9 Å². The minimum absolute atomic E-state index is 0.0247. The Morgan fingerprint density at radius 1 is 1.06 bits per heavy atom. The number of aliphatic carboxylic acids is 1. The zero-order chi connectivity index (χ0) is 24.8. The lowest BCUT2D eigenvalue weighted by atomic mass is 9.98. The molecular formula is C25H26N4O6. The normalized spacial score (nSPS) is 12.9. The van der Waals surface area contributed by atoms with Crippen LogP contribution in [0.25, 0.3) is 11.1 Å². The maximum absolute atomic E-state index is 12.3. The zero-order valence-electron chi connectivity index (χ0n) is 18.9. The fraction of sp³-hybridized carbons (Fsp3) is 0.280. The molecule has 4 rings (SSSR count). The molecule has 0 saturated heterocycles. The third kappa shape index (κ3) is 5.49. The molecule has 0 bridgehead atoms. The van der Waals surface area contributed by atoms with Gasteiger partial charge in [0.05, 0.1) is 6.33 Å². The fourth-order valence-corrected chi connectivity index (χ4v) is 4.15. The molecule has 0 unspecified atom stereocenters. The van der Waals surface area contributed by atoms with Crippen LogP contribution in [0.2, 0.25) is 0 Å². The van der Waals surface area contributed by atoms with Crippen molar-refractivity contribution in [2.45, 2.75) is 24.9 Å². The number of nitrogens with one attached hydrogen (secondary N) is 2. The van der Waals surface area contributed by atoms with E-state index >= 15 is 0 Å². The van der Waals surface area contributed by atoms with E-state index in [0.717, 1.165) is 22.3 Å². The molecule has 1 aromatic heterocycles. The number of imidazole rings is 1. The first-order valence-electron chi connectivity index (χ1n) is 11.2. The number of carbonyl (C=O) groups is 3. The highest BCUT2D eigenvalue weighted by Crippen LogP contribution is 2.44. The molecule has 0 radical (unpaired) electrons. The molecule has 35 heavy (non-hydrogen) atoms. The third-order valence-electron chi connectivity index (χ3n) is 5.87. The molecule has 2 aromatic carbocycles. The van der Waals surface area contributed by atoms with Crippen molar-refractivity contribution >= 4 is 18.0 Å². The van der Waals surface area contributed by atoms with Gasteiger partial charge in [0.1, 0.15) is 18.3 Å². The minimum Gasteiger partial charge on any atom is -0.480 e. The van der Waals surface area contributed by atoms with Gasteiger partial charge in [-0.25, -0.2) is 14.6 Å². The third-order valence-corrected chi connectivity index (χ3v) is 5.87. The Hall–Kier alpha value is -4.18. The van der Waals surface area contributed by atoms with Crippen molar-refractivity contribution in [1.29, 1.82) is 0 Å². The average molecular weight is 479 g/mol. The summed E-state index contributed by atoms with van der Waals surface area (Å²) in [7, 11) is 0. The number of ether oxygens (including phenoxy) is 1. The number of aromatic nitrogens is 2. The molecular weight excluding hydrogens is 452 g/mol. The van der Waals surface area contributed by atoms with Crippen molar-refractivity contribution in [2.24, 2.45) is 0 Å². The summed E-state index contributed by atoms with van der Waals surface area (Å²) in [6, 6.07) is 15.0. The van der Waals surface area contributed by atoms with Gasteiger partial charge in [-0.1, -0.05) is 48.5 Å². The Labute approximate surface area is 201 Å². The van der Waals surface area contributed by atoms with Crippen molar-refractivity contribution in [1.82, 2.24) is 20.2 Å². The van der Waals surface area contributed by atoms with Gasteiger partial charge in [0.15, 0.2) is 0 Å². The second kappa shape index (κ2) is 10.8. The van der Waals surface area contributed by atoms with E-state index in [1.54, 1.807) is 4.57 Å². The number of hydrogen-bond acceptors (Lipinski definition) is 6. The quantitative estimate of drug-likeness (QED) is 0.349. The molecule has 0 saturated carbocycles. The van der Waals surface area contributed by atoms with Crippen molar-refractivity contribution < 1.29 is 29.3 Å². The van der Waals surface area contributed by atoms with Gasteiger partial charge in [-0.3, -0.25) is 4.79 Å². The zero-order valence-corrected chi connectivity index (χ0v) is 18.9. The van der Waals surface area contributed by atoms with Crippen LogP contribution >= 0.6 is 0 Å². The molecule has 0 fully saturated rings. The molecule has 2 amide bonds. The molecule has 1 atom stereocenters. The van der Waals surface area contributed by atoms with E-state index in [2.05, 4.69) is 39.9 Å². The van der Waals surface area contributed by atoms with Crippen LogP contribution in [-0.4, -0.2) is 63.5 Å². The number of hydrogen-bond donors (Lipinski definition) is 4. The van der Waals surface area contributed by atoms with E-state index in [-0.39, 0.29) is 37.8 Å². The highest BCUT2D eigenvalue weighted by molar-refractivity contribution is 5.94. The number of aliphatic hydroxyl groups is 1. The maximum atomic E-state index is 12.3. The van der Waals surface area contributed by atoms with Crippen LogP contribution in [0.15, 0.2) is 61.1 Å². The monoisotopic (exact) mass is 478 g/mol. The highest BCUT2D eigenvalue weighted by atomic mass is 16.5. The molecule has 0 spiro atoms. The van der Waals surface area contributed by atoms with Crippen LogP contribution in [0.1, 0.15) is 34.0 Å². The lowest BCUT2D eigenvalue weighted by Crippen LogP contribution is -2.41. The lowest BCUT2D eigenvalue weighted by Gasteiger charge is -2.14. The first kappa shape index (κ1) is 24.0. The molecule has 0 aliphatic heterocycles. The summed E-state index contributed by atoms with van der Waals surface area (Å²) in [6.45, 7) is 0.431. The minimum atomic E-state index is -1.24. The number of carboxylic acids is 1. The molecule has 1 aliphatic rings. The number of alkyl carbamates (subject to hydrolysis) is 1. The number of aliphatic hydroxyl groups excluding tert-OH is 1. The van der Waals surface area contributed by atoms with Gasteiger partial charge in [0.2, 0.25) is 0 Å². The van der Waals surface area contributed by atoms with Gasteiger partial charge in [0.25, 0.3) is 5.91 Å². The first-order valence-corrected chi connectivity index (χ1v) is 11.2. The summed E-state index contributed by atoms with van der Waals surface area (Å²) in [4.78, 5) is 39.6. The van der Waals surface area contributed by atoms with Gasteiger partial charge >= 0.3 is 12.1 Å². The summed E-state index contributed by atoms with van der Waals surface area (Å²) < 4.78 is 7.09. The van der Waals surface area contributed by atoms with Crippen molar-refractivity contribution in [3.8, 4) is 11.1 Å². The number of amides is 2.